The highest BCUT2D eigenvalue weighted by Gasteiger charge is 2.41. The zero-order chi connectivity index (χ0) is 24.6. The third-order valence-electron chi connectivity index (χ3n) is 7.76. The van der Waals surface area contributed by atoms with Crippen LogP contribution in [0.15, 0.2) is 48.5 Å². The molecule has 0 saturated heterocycles. The zero-order valence-corrected chi connectivity index (χ0v) is 22.0. The quantitative estimate of drug-likeness (QED) is 0.419. The molecule has 0 unspecified atom stereocenters. The van der Waals surface area contributed by atoms with E-state index in [-0.39, 0.29) is 23.0 Å². The maximum Gasteiger partial charge on any atom is 0.0649 e. The molecule has 4 N–H and O–H groups in total. The maximum absolute atomic E-state index is 10.4. The lowest BCUT2D eigenvalue weighted by atomic mass is 9.67. The summed E-state index contributed by atoms with van der Waals surface area (Å²) in [6.45, 7) is 1.60. The van der Waals surface area contributed by atoms with Crippen molar-refractivity contribution in [1.82, 2.24) is 10.6 Å². The lowest BCUT2D eigenvalue weighted by molar-refractivity contribution is 0.0423. The second-order valence-electron chi connectivity index (χ2n) is 9.92. The van der Waals surface area contributed by atoms with Crippen LogP contribution in [-0.4, -0.2) is 49.6 Å². The first-order chi connectivity index (χ1) is 16.4. The molecule has 34 heavy (non-hydrogen) atoms. The van der Waals surface area contributed by atoms with Crippen LogP contribution in [0.25, 0.3) is 0 Å². The van der Waals surface area contributed by atoms with Crippen molar-refractivity contribution in [2.45, 2.75) is 74.4 Å². The average molecular weight is 508 g/mol. The SMILES string of the molecule is CNC[C@@]1(c2cccc(Cl)c2)CCCC[C@H]1O.CNC[C@]1(c2cccc(Cl)c2)CCCC[C@@H]1O. The molecule has 188 valence electrons. The molecule has 2 aliphatic rings. The molecule has 4 nitrogen and oxygen atoms in total. The number of halogens is 2. The van der Waals surface area contributed by atoms with Gasteiger partial charge in [0.2, 0.25) is 0 Å². The average Bonchev–Trinajstić information content (AvgIpc) is 2.83. The fraction of sp³-hybridized carbons (Fsp3) is 0.571. The van der Waals surface area contributed by atoms with Gasteiger partial charge in [-0.3, -0.25) is 0 Å². The van der Waals surface area contributed by atoms with Crippen molar-refractivity contribution < 1.29 is 10.2 Å². The van der Waals surface area contributed by atoms with E-state index in [0.717, 1.165) is 72.8 Å². The minimum Gasteiger partial charge on any atom is -0.392 e. The van der Waals surface area contributed by atoms with Gasteiger partial charge in [0, 0.05) is 34.0 Å². The second kappa shape index (κ2) is 12.7. The monoisotopic (exact) mass is 506 g/mol. The summed E-state index contributed by atoms with van der Waals surface area (Å²) in [5, 5.41) is 28.8. The van der Waals surface area contributed by atoms with E-state index < -0.39 is 0 Å². The van der Waals surface area contributed by atoms with Crippen molar-refractivity contribution in [2.75, 3.05) is 27.2 Å². The van der Waals surface area contributed by atoms with Crippen LogP contribution in [0.4, 0.5) is 0 Å². The van der Waals surface area contributed by atoms with Gasteiger partial charge in [0.15, 0.2) is 0 Å². The van der Waals surface area contributed by atoms with E-state index in [1.54, 1.807) is 0 Å². The normalized spacial score (nSPS) is 29.2. The van der Waals surface area contributed by atoms with Crippen LogP contribution >= 0.6 is 23.2 Å². The van der Waals surface area contributed by atoms with Crippen molar-refractivity contribution >= 4 is 23.2 Å². The van der Waals surface area contributed by atoms with Crippen molar-refractivity contribution in [3.8, 4) is 0 Å². The Morgan fingerprint density at radius 3 is 1.47 bits per heavy atom. The van der Waals surface area contributed by atoms with Crippen LogP contribution in [0, 0.1) is 0 Å². The Hall–Kier alpha value is -1.14. The fourth-order valence-electron chi connectivity index (χ4n) is 5.96. The number of likely N-dealkylation sites (N-methyl/N-ethyl adjacent to an activating group) is 2. The van der Waals surface area contributed by atoms with E-state index >= 15 is 0 Å². The number of rotatable bonds is 6. The summed E-state index contributed by atoms with van der Waals surface area (Å²) in [7, 11) is 3.88. The highest BCUT2D eigenvalue weighted by molar-refractivity contribution is 6.30. The van der Waals surface area contributed by atoms with Gasteiger partial charge in [0.1, 0.15) is 0 Å². The van der Waals surface area contributed by atoms with Crippen LogP contribution in [0.2, 0.25) is 10.0 Å². The maximum atomic E-state index is 10.4. The van der Waals surface area contributed by atoms with Gasteiger partial charge in [-0.25, -0.2) is 0 Å². The summed E-state index contributed by atoms with van der Waals surface area (Å²) in [5.74, 6) is 0. The fourth-order valence-corrected chi connectivity index (χ4v) is 6.34. The number of benzene rings is 2. The van der Waals surface area contributed by atoms with Crippen LogP contribution in [0.1, 0.15) is 62.5 Å². The number of hydrogen-bond donors (Lipinski definition) is 4. The Bertz CT molecular complexity index is 830. The molecule has 0 heterocycles. The van der Waals surface area contributed by atoms with Gasteiger partial charge in [-0.1, -0.05) is 73.2 Å². The molecular weight excluding hydrogens is 467 g/mol. The van der Waals surface area contributed by atoms with Gasteiger partial charge in [-0.15, -0.1) is 0 Å². The number of aliphatic hydroxyl groups excluding tert-OH is 2. The molecule has 2 aromatic rings. The summed E-state index contributed by atoms with van der Waals surface area (Å²) in [4.78, 5) is 0. The molecular formula is C28H40Cl2N2O2. The zero-order valence-electron chi connectivity index (χ0n) is 20.5. The summed E-state index contributed by atoms with van der Waals surface area (Å²) in [6, 6.07) is 15.9. The second-order valence-corrected chi connectivity index (χ2v) is 10.8. The third kappa shape index (κ3) is 6.16. The molecule has 0 amide bonds. The van der Waals surface area contributed by atoms with Crippen LogP contribution in [-0.2, 0) is 10.8 Å². The Balaban J connectivity index is 0.000000191. The van der Waals surface area contributed by atoms with E-state index in [4.69, 9.17) is 23.2 Å². The van der Waals surface area contributed by atoms with Crippen LogP contribution in [0.5, 0.6) is 0 Å². The van der Waals surface area contributed by atoms with Gasteiger partial charge in [0.25, 0.3) is 0 Å². The van der Waals surface area contributed by atoms with Crippen molar-refractivity contribution in [2.24, 2.45) is 0 Å². The summed E-state index contributed by atoms with van der Waals surface area (Å²) in [5.41, 5.74) is 1.98. The molecule has 2 saturated carbocycles. The first kappa shape index (κ1) is 27.4. The standard InChI is InChI=1S/2C14H20ClNO/c2*1-16-10-14(8-3-2-7-13(14)17)11-5-4-6-12(15)9-11/h2*4-6,9,13,16-17H,2-3,7-8,10H2,1H3/t2*13-,14-/m10/s1. The van der Waals surface area contributed by atoms with Gasteiger partial charge in [-0.05, 0) is 75.2 Å². The molecule has 0 radical (unpaired) electrons. The lowest BCUT2D eigenvalue weighted by Crippen LogP contribution is -2.48. The van der Waals surface area contributed by atoms with Gasteiger partial charge < -0.3 is 20.8 Å². The predicted molar refractivity (Wildman–Crippen MR) is 143 cm³/mol. The minimum atomic E-state index is -0.276. The molecule has 2 fully saturated rings. The Morgan fingerprint density at radius 2 is 1.15 bits per heavy atom. The predicted octanol–water partition coefficient (Wildman–Crippen LogP) is 5.46. The molecule has 4 rings (SSSR count). The largest absolute Gasteiger partial charge is 0.392 e. The van der Waals surface area contributed by atoms with E-state index in [0.29, 0.717) is 0 Å². The highest BCUT2D eigenvalue weighted by Crippen LogP contribution is 2.41. The van der Waals surface area contributed by atoms with Crippen molar-refractivity contribution in [3.63, 3.8) is 0 Å². The molecule has 0 spiro atoms. The van der Waals surface area contributed by atoms with Crippen molar-refractivity contribution in [1.29, 1.82) is 0 Å². The topological polar surface area (TPSA) is 64.5 Å². The minimum absolute atomic E-state index is 0.169. The molecule has 0 aliphatic heterocycles. The Morgan fingerprint density at radius 1 is 0.735 bits per heavy atom. The Kier molecular flexibility index (Phi) is 10.3. The Labute approximate surface area is 215 Å². The number of aliphatic hydroxyl groups is 2. The third-order valence-corrected chi connectivity index (χ3v) is 8.23. The van der Waals surface area contributed by atoms with Crippen molar-refractivity contribution in [3.05, 3.63) is 69.7 Å². The van der Waals surface area contributed by atoms with Crippen LogP contribution < -0.4 is 10.6 Å². The smallest absolute Gasteiger partial charge is 0.0649 e. The number of nitrogens with one attached hydrogen (secondary N) is 2. The van der Waals surface area contributed by atoms with E-state index in [2.05, 4.69) is 22.8 Å². The van der Waals surface area contributed by atoms with Crippen LogP contribution in [0.3, 0.4) is 0 Å². The summed E-state index contributed by atoms with van der Waals surface area (Å²) < 4.78 is 0. The van der Waals surface area contributed by atoms with Gasteiger partial charge >= 0.3 is 0 Å². The first-order valence-corrected chi connectivity index (χ1v) is 13.3. The molecule has 6 heteroatoms. The molecule has 0 bridgehead atoms. The van der Waals surface area contributed by atoms with E-state index in [9.17, 15) is 10.2 Å². The molecule has 2 aromatic carbocycles. The van der Waals surface area contributed by atoms with Gasteiger partial charge in [-0.2, -0.15) is 0 Å². The number of hydrogen-bond acceptors (Lipinski definition) is 4. The lowest BCUT2D eigenvalue weighted by Gasteiger charge is -2.42. The van der Waals surface area contributed by atoms with Gasteiger partial charge in [0.05, 0.1) is 12.2 Å². The summed E-state index contributed by atoms with van der Waals surface area (Å²) >= 11 is 12.1. The van der Waals surface area contributed by atoms with E-state index in [1.807, 2.05) is 50.5 Å². The molecule has 4 atom stereocenters. The van der Waals surface area contributed by atoms with E-state index in [1.165, 1.54) is 12.8 Å². The first-order valence-electron chi connectivity index (χ1n) is 12.6. The molecule has 2 aliphatic carbocycles. The molecule has 0 aromatic heterocycles. The highest BCUT2D eigenvalue weighted by atomic mass is 35.5. The summed E-state index contributed by atoms with van der Waals surface area (Å²) in [6.07, 6.45) is 7.84.